The first-order chi connectivity index (χ1) is 17.6. The molecule has 0 heterocycles. The highest BCUT2D eigenvalue weighted by molar-refractivity contribution is 7.04. The molecule has 36 heavy (non-hydrogen) atoms. The predicted octanol–water partition coefficient (Wildman–Crippen LogP) is 9.27. The average Bonchev–Trinajstić information content (AvgIpc) is 2.92. The molecular formula is C34H52OSi. The molecule has 0 saturated carbocycles. The second kappa shape index (κ2) is 18.3. The second-order valence-electron chi connectivity index (χ2n) is 10.7. The third kappa shape index (κ3) is 10.2. The van der Waals surface area contributed by atoms with Crippen molar-refractivity contribution in [3.8, 4) is 0 Å². The summed E-state index contributed by atoms with van der Waals surface area (Å²) in [6.45, 7) is 6.98. The van der Waals surface area contributed by atoms with E-state index in [4.69, 9.17) is 0 Å². The highest BCUT2D eigenvalue weighted by Gasteiger charge is 2.43. The summed E-state index contributed by atoms with van der Waals surface area (Å²) < 4.78 is 0. The smallest absolute Gasteiger partial charge is 0.134 e. The maximum absolute atomic E-state index is 13.9. The maximum atomic E-state index is 13.9. The van der Waals surface area contributed by atoms with E-state index in [9.17, 15) is 4.79 Å². The van der Waals surface area contributed by atoms with Crippen molar-refractivity contribution in [1.29, 1.82) is 0 Å². The molecule has 2 heteroatoms. The molecule has 0 aliphatic rings. The van der Waals surface area contributed by atoms with Crippen LogP contribution in [-0.4, -0.2) is 13.9 Å². The van der Waals surface area contributed by atoms with Gasteiger partial charge >= 0.3 is 0 Å². The summed E-state index contributed by atoms with van der Waals surface area (Å²) in [5.74, 6) is 0.502. The third-order valence-electron chi connectivity index (χ3n) is 7.86. The molecule has 198 valence electrons. The third-order valence-corrected chi connectivity index (χ3v) is 12.9. The number of rotatable bonds is 20. The zero-order valence-electron chi connectivity index (χ0n) is 23.5. The van der Waals surface area contributed by atoms with Crippen LogP contribution in [0.25, 0.3) is 0 Å². The summed E-state index contributed by atoms with van der Waals surface area (Å²) in [5.41, 5.74) is 0.145. The summed E-state index contributed by atoms with van der Waals surface area (Å²) in [6.07, 6.45) is 22.5. The molecule has 0 amide bonds. The lowest BCUT2D eigenvalue weighted by molar-refractivity contribution is -0.119. The first-order valence-corrected chi connectivity index (χ1v) is 17.5. The molecule has 0 radical (unpaired) electrons. The molecule has 0 N–H and O–H groups in total. The van der Waals surface area contributed by atoms with Crippen molar-refractivity contribution < 1.29 is 4.79 Å². The number of unbranched alkanes of at least 4 members (excludes halogenated alkanes) is 10. The molecule has 0 aliphatic heterocycles. The molecule has 2 aromatic rings. The number of carbonyl (C=O) groups excluding carboxylic acids is 1. The van der Waals surface area contributed by atoms with Crippen molar-refractivity contribution in [2.45, 2.75) is 122 Å². The number of benzene rings is 2. The topological polar surface area (TPSA) is 17.1 Å². The van der Waals surface area contributed by atoms with E-state index in [1.165, 1.54) is 81.0 Å². The number of hydrogen-bond acceptors (Lipinski definition) is 1. The molecule has 0 aliphatic carbocycles. The van der Waals surface area contributed by atoms with E-state index in [0.29, 0.717) is 12.2 Å². The quantitative estimate of drug-likeness (QED) is 0.0997. The van der Waals surface area contributed by atoms with Crippen molar-refractivity contribution in [3.63, 3.8) is 0 Å². The van der Waals surface area contributed by atoms with Gasteiger partial charge in [0.2, 0.25) is 0 Å². The Balaban J connectivity index is 2.14. The number of hydrogen-bond donors (Lipinski definition) is 0. The Morgan fingerprint density at radius 1 is 0.667 bits per heavy atom. The zero-order valence-corrected chi connectivity index (χ0v) is 24.5. The maximum Gasteiger partial charge on any atom is 0.134 e. The van der Waals surface area contributed by atoms with Crippen molar-refractivity contribution in [1.82, 2.24) is 0 Å². The largest absolute Gasteiger partial charge is 0.300 e. The van der Waals surface area contributed by atoms with Gasteiger partial charge in [-0.3, -0.25) is 4.79 Å². The SMILES string of the molecule is CCCCC/C=C\CCCC(=O)C(CCCCCCCCC)[Si](C)(c1ccccc1)c1ccccc1. The molecule has 1 nitrogen and oxygen atoms in total. The van der Waals surface area contributed by atoms with Gasteiger partial charge in [-0.2, -0.15) is 0 Å². The normalized spacial score (nSPS) is 12.8. The Morgan fingerprint density at radius 3 is 1.69 bits per heavy atom. The monoisotopic (exact) mass is 504 g/mol. The minimum absolute atomic E-state index is 0.145. The van der Waals surface area contributed by atoms with E-state index in [1.54, 1.807) is 0 Å². The standard InChI is InChI=1S/C34H52OSi/c1-4-6-8-10-12-14-15-23-29-33(35)34(30-24-16-13-11-9-7-5-2)36(3,31-25-19-17-20-26-31)32-27-21-18-22-28-32/h12,14,17-22,25-28,34H,4-11,13,15-16,23-24,29-30H2,1-3H3/b14-12-. The van der Waals surface area contributed by atoms with Gasteiger partial charge in [0, 0.05) is 12.0 Å². The van der Waals surface area contributed by atoms with E-state index in [2.05, 4.69) is 93.2 Å². The zero-order chi connectivity index (χ0) is 25.9. The van der Waals surface area contributed by atoms with Crippen LogP contribution < -0.4 is 10.4 Å². The summed E-state index contributed by atoms with van der Waals surface area (Å²) >= 11 is 0. The van der Waals surface area contributed by atoms with Crippen LogP contribution in [0, 0.1) is 0 Å². The van der Waals surface area contributed by atoms with Crippen molar-refractivity contribution in [2.75, 3.05) is 0 Å². The molecule has 2 aromatic carbocycles. The Hall–Kier alpha value is -1.93. The van der Waals surface area contributed by atoms with Crippen LogP contribution in [0.2, 0.25) is 12.1 Å². The van der Waals surface area contributed by atoms with Gasteiger partial charge in [-0.15, -0.1) is 0 Å². The van der Waals surface area contributed by atoms with E-state index in [1.807, 2.05) is 0 Å². The lowest BCUT2D eigenvalue weighted by Crippen LogP contribution is -2.60. The Labute approximate surface area is 223 Å². The second-order valence-corrected chi connectivity index (χ2v) is 15.0. The van der Waals surface area contributed by atoms with E-state index < -0.39 is 8.07 Å². The van der Waals surface area contributed by atoms with Gasteiger partial charge < -0.3 is 0 Å². The van der Waals surface area contributed by atoms with E-state index in [0.717, 1.165) is 19.3 Å². The molecule has 1 atom stereocenters. The number of Topliss-reactive ketones (excluding diaryl/α,β-unsaturated/α-hetero) is 1. The fraction of sp³-hybridized carbons (Fsp3) is 0.559. The Bertz CT molecular complexity index is 803. The predicted molar refractivity (Wildman–Crippen MR) is 162 cm³/mol. The number of allylic oxidation sites excluding steroid dienone is 2. The molecule has 0 saturated heterocycles. The number of ketones is 1. The Kier molecular flexibility index (Phi) is 15.4. The number of carbonyl (C=O) groups is 1. The van der Waals surface area contributed by atoms with Crippen LogP contribution >= 0.6 is 0 Å². The minimum atomic E-state index is -2.23. The van der Waals surface area contributed by atoms with E-state index in [-0.39, 0.29) is 5.54 Å². The molecule has 0 fully saturated rings. The van der Waals surface area contributed by atoms with Crippen LogP contribution in [-0.2, 0) is 4.79 Å². The van der Waals surface area contributed by atoms with Gasteiger partial charge in [0.05, 0.1) is 0 Å². The molecule has 0 aromatic heterocycles. The van der Waals surface area contributed by atoms with Crippen molar-refractivity contribution in [2.24, 2.45) is 0 Å². The van der Waals surface area contributed by atoms with Gasteiger partial charge in [0.1, 0.15) is 13.9 Å². The van der Waals surface area contributed by atoms with Gasteiger partial charge in [-0.25, -0.2) is 0 Å². The summed E-state index contributed by atoms with van der Waals surface area (Å²) in [7, 11) is -2.23. The fourth-order valence-corrected chi connectivity index (χ4v) is 10.0. The van der Waals surface area contributed by atoms with Crippen LogP contribution in [0.4, 0.5) is 0 Å². The Morgan fingerprint density at radius 2 is 1.14 bits per heavy atom. The lowest BCUT2D eigenvalue weighted by atomic mass is 10.0. The fourth-order valence-electron chi connectivity index (χ4n) is 5.53. The molecular weight excluding hydrogens is 452 g/mol. The minimum Gasteiger partial charge on any atom is -0.300 e. The van der Waals surface area contributed by atoms with Crippen molar-refractivity contribution >= 4 is 24.2 Å². The first-order valence-electron chi connectivity index (χ1n) is 14.9. The highest BCUT2D eigenvalue weighted by atomic mass is 28.3. The summed E-state index contributed by atoms with van der Waals surface area (Å²) in [4.78, 5) is 13.9. The molecule has 0 spiro atoms. The van der Waals surface area contributed by atoms with Gasteiger partial charge in [0.15, 0.2) is 0 Å². The van der Waals surface area contributed by atoms with Crippen LogP contribution in [0.5, 0.6) is 0 Å². The highest BCUT2D eigenvalue weighted by Crippen LogP contribution is 2.31. The van der Waals surface area contributed by atoms with E-state index >= 15 is 0 Å². The van der Waals surface area contributed by atoms with Gasteiger partial charge in [0.25, 0.3) is 0 Å². The van der Waals surface area contributed by atoms with Crippen molar-refractivity contribution in [3.05, 3.63) is 72.8 Å². The lowest BCUT2D eigenvalue weighted by Gasteiger charge is -2.36. The van der Waals surface area contributed by atoms with Crippen LogP contribution in [0.15, 0.2) is 72.8 Å². The van der Waals surface area contributed by atoms with Crippen LogP contribution in [0.3, 0.4) is 0 Å². The first kappa shape index (κ1) is 30.3. The average molecular weight is 505 g/mol. The van der Waals surface area contributed by atoms with Gasteiger partial charge in [-0.1, -0.05) is 161 Å². The van der Waals surface area contributed by atoms with Crippen LogP contribution in [0.1, 0.15) is 110 Å². The molecule has 0 bridgehead atoms. The van der Waals surface area contributed by atoms with Gasteiger partial charge in [-0.05, 0) is 32.1 Å². The summed E-state index contributed by atoms with van der Waals surface area (Å²) in [6, 6.07) is 21.9. The summed E-state index contributed by atoms with van der Waals surface area (Å²) in [5, 5.41) is 2.79. The molecule has 2 rings (SSSR count). The molecule has 1 unspecified atom stereocenters.